The van der Waals surface area contributed by atoms with Gasteiger partial charge in [0, 0.05) is 0 Å². The van der Waals surface area contributed by atoms with Gasteiger partial charge in [0.1, 0.15) is 26.1 Å². The average molecular weight is 227 g/mol. The number of carbonyl (C=O) groups is 1. The molecule has 0 aromatic heterocycles. The maximum atomic E-state index is 12.4. The van der Waals surface area contributed by atoms with Crippen molar-refractivity contribution in [3.05, 3.63) is 0 Å². The van der Waals surface area contributed by atoms with Gasteiger partial charge in [-0.2, -0.15) is 0 Å². The number of nitrogens with two attached hydrogens (primary N) is 1. The van der Waals surface area contributed by atoms with Crippen LogP contribution in [-0.4, -0.2) is 39.1 Å². The lowest BCUT2D eigenvalue weighted by molar-refractivity contribution is -0.142. The zero-order valence-electron chi connectivity index (χ0n) is 8.64. The first-order valence-electron chi connectivity index (χ1n) is 4.56. The monoisotopic (exact) mass is 227 g/mol. The largest absolute Gasteiger partial charge is 0.468 e. The molecule has 0 aliphatic carbocycles. The van der Waals surface area contributed by atoms with Gasteiger partial charge in [0.2, 0.25) is 0 Å². The fourth-order valence-electron chi connectivity index (χ4n) is 1.04. The topological polar surface area (TPSA) is 52.3 Å². The first kappa shape index (κ1) is 14.2. The second-order valence-electron chi connectivity index (χ2n) is 3.57. The van der Waals surface area contributed by atoms with E-state index in [-0.39, 0.29) is 12.8 Å². The smallest absolute Gasteiger partial charge is 0.322 e. The van der Waals surface area contributed by atoms with Crippen molar-refractivity contribution >= 4 is 5.97 Å². The molecule has 0 bridgehead atoms. The van der Waals surface area contributed by atoms with Crippen LogP contribution in [0, 0.1) is 5.41 Å². The van der Waals surface area contributed by atoms with Crippen molar-refractivity contribution in [3.63, 3.8) is 0 Å². The summed E-state index contributed by atoms with van der Waals surface area (Å²) in [6, 6.07) is -0.959. The summed E-state index contributed by atoms with van der Waals surface area (Å²) in [7, 11) is 1.16. The fourth-order valence-corrected chi connectivity index (χ4v) is 1.04. The summed E-state index contributed by atoms with van der Waals surface area (Å²) in [6.07, 6.45) is -0.114. The van der Waals surface area contributed by atoms with Crippen LogP contribution in [0.1, 0.15) is 12.8 Å². The number of methoxy groups -OCH3 is 1. The van der Waals surface area contributed by atoms with E-state index in [1.807, 2.05) is 0 Å². The fraction of sp³-hybridized carbons (Fsp3) is 0.889. The van der Waals surface area contributed by atoms with Crippen molar-refractivity contribution in [2.45, 2.75) is 18.9 Å². The molecule has 0 radical (unpaired) electrons. The molecule has 0 aromatic carbocycles. The molecule has 0 fully saturated rings. The molecule has 0 aliphatic heterocycles. The number of hydrogen-bond donors (Lipinski definition) is 1. The number of halogens is 3. The number of ether oxygens (including phenoxy) is 1. The Morgan fingerprint density at radius 2 is 1.80 bits per heavy atom. The summed E-state index contributed by atoms with van der Waals surface area (Å²) in [6.45, 7) is -3.31. The number of rotatable bonds is 7. The Morgan fingerprint density at radius 3 is 2.13 bits per heavy atom. The maximum absolute atomic E-state index is 12.4. The van der Waals surface area contributed by atoms with Gasteiger partial charge in [-0.05, 0) is 12.8 Å². The van der Waals surface area contributed by atoms with Crippen LogP contribution < -0.4 is 5.73 Å². The van der Waals surface area contributed by atoms with Crippen LogP contribution in [0.2, 0.25) is 0 Å². The Labute approximate surface area is 86.8 Å². The van der Waals surface area contributed by atoms with Gasteiger partial charge in [0.05, 0.1) is 12.5 Å². The summed E-state index contributed by atoms with van der Waals surface area (Å²) in [5.74, 6) is -0.666. The molecule has 0 saturated heterocycles. The lowest BCUT2D eigenvalue weighted by Gasteiger charge is -2.24. The van der Waals surface area contributed by atoms with Crippen molar-refractivity contribution in [1.29, 1.82) is 0 Å². The average Bonchev–Trinajstić information content (AvgIpc) is 2.30. The molecule has 1 unspecified atom stereocenters. The van der Waals surface area contributed by atoms with Crippen molar-refractivity contribution in [2.75, 3.05) is 27.1 Å². The Bertz CT molecular complexity index is 190. The molecule has 6 heteroatoms. The highest BCUT2D eigenvalue weighted by Gasteiger charge is 2.32. The predicted molar refractivity (Wildman–Crippen MR) is 49.6 cm³/mol. The third kappa shape index (κ3) is 4.07. The maximum Gasteiger partial charge on any atom is 0.322 e. The molecule has 2 N–H and O–H groups in total. The van der Waals surface area contributed by atoms with Gasteiger partial charge < -0.3 is 10.5 Å². The van der Waals surface area contributed by atoms with Crippen LogP contribution in [0.25, 0.3) is 0 Å². The molecule has 1 atom stereocenters. The minimum atomic E-state index is -1.65. The van der Waals surface area contributed by atoms with Crippen molar-refractivity contribution < 1.29 is 22.7 Å². The first-order valence-corrected chi connectivity index (χ1v) is 4.56. The van der Waals surface area contributed by atoms with E-state index >= 15 is 0 Å². The summed E-state index contributed by atoms with van der Waals surface area (Å²) in [5, 5.41) is 0. The highest BCUT2D eigenvalue weighted by Crippen LogP contribution is 2.26. The minimum absolute atomic E-state index is 0.00440. The van der Waals surface area contributed by atoms with Crippen LogP contribution in [0.5, 0.6) is 0 Å². The van der Waals surface area contributed by atoms with Gasteiger partial charge in [-0.15, -0.1) is 0 Å². The first-order chi connectivity index (χ1) is 7.05. The molecule has 0 heterocycles. The van der Waals surface area contributed by atoms with Crippen molar-refractivity contribution in [1.82, 2.24) is 0 Å². The van der Waals surface area contributed by atoms with Crippen LogP contribution >= 0.6 is 0 Å². The van der Waals surface area contributed by atoms with Gasteiger partial charge in [-0.3, -0.25) is 18.0 Å². The van der Waals surface area contributed by atoms with Gasteiger partial charge in [-0.1, -0.05) is 0 Å². The number of alkyl halides is 3. The zero-order valence-corrected chi connectivity index (χ0v) is 8.64. The SMILES string of the molecule is COC(=O)C(N)CCC(CF)(CF)CF. The second-order valence-corrected chi connectivity index (χ2v) is 3.57. The summed E-state index contributed by atoms with van der Waals surface area (Å²) < 4.78 is 41.6. The van der Waals surface area contributed by atoms with Gasteiger partial charge >= 0.3 is 5.97 Å². The van der Waals surface area contributed by atoms with Crippen LogP contribution in [0.15, 0.2) is 0 Å². The van der Waals surface area contributed by atoms with Gasteiger partial charge in [0.15, 0.2) is 0 Å². The molecule has 3 nitrogen and oxygen atoms in total. The third-order valence-electron chi connectivity index (χ3n) is 2.34. The lowest BCUT2D eigenvalue weighted by Crippen LogP contribution is -2.36. The molecule has 0 spiro atoms. The highest BCUT2D eigenvalue weighted by molar-refractivity contribution is 5.75. The van der Waals surface area contributed by atoms with E-state index in [1.165, 1.54) is 0 Å². The van der Waals surface area contributed by atoms with E-state index in [2.05, 4.69) is 4.74 Å². The van der Waals surface area contributed by atoms with Crippen LogP contribution in [-0.2, 0) is 9.53 Å². The molecule has 0 rings (SSSR count). The Hall–Kier alpha value is -0.780. The minimum Gasteiger partial charge on any atom is -0.468 e. The molecular weight excluding hydrogens is 211 g/mol. The van der Waals surface area contributed by atoms with E-state index in [0.717, 1.165) is 7.11 Å². The van der Waals surface area contributed by atoms with Crippen molar-refractivity contribution in [2.24, 2.45) is 11.1 Å². The summed E-state index contributed by atoms with van der Waals surface area (Å²) >= 11 is 0. The Balaban J connectivity index is 4.16. The van der Waals surface area contributed by atoms with Crippen molar-refractivity contribution in [3.8, 4) is 0 Å². The predicted octanol–water partition coefficient (Wildman–Crippen LogP) is 1.16. The summed E-state index contributed by atoms with van der Waals surface area (Å²) in [5.41, 5.74) is 3.71. The molecule has 90 valence electrons. The molecule has 0 amide bonds. The molecule has 0 aromatic rings. The quantitative estimate of drug-likeness (QED) is 0.664. The van der Waals surface area contributed by atoms with E-state index < -0.39 is 37.4 Å². The summed E-state index contributed by atoms with van der Waals surface area (Å²) in [4.78, 5) is 10.9. The highest BCUT2D eigenvalue weighted by atomic mass is 19.1. The zero-order chi connectivity index (χ0) is 11.9. The van der Waals surface area contributed by atoms with E-state index in [1.54, 1.807) is 0 Å². The third-order valence-corrected chi connectivity index (χ3v) is 2.34. The lowest BCUT2D eigenvalue weighted by atomic mass is 9.86. The van der Waals surface area contributed by atoms with Gasteiger partial charge in [-0.25, -0.2) is 0 Å². The second kappa shape index (κ2) is 6.66. The number of carbonyl (C=O) groups excluding carboxylic acids is 1. The number of esters is 1. The molecule has 15 heavy (non-hydrogen) atoms. The van der Waals surface area contributed by atoms with Crippen LogP contribution in [0.3, 0.4) is 0 Å². The van der Waals surface area contributed by atoms with E-state index in [4.69, 9.17) is 5.73 Å². The Kier molecular flexibility index (Phi) is 6.31. The van der Waals surface area contributed by atoms with E-state index in [0.29, 0.717) is 0 Å². The number of hydrogen-bond acceptors (Lipinski definition) is 3. The molecule has 0 aliphatic rings. The van der Waals surface area contributed by atoms with Crippen LogP contribution in [0.4, 0.5) is 13.2 Å². The Morgan fingerprint density at radius 1 is 1.33 bits per heavy atom. The molecular formula is C9H16F3NO2. The standard InChI is InChI=1S/C9H16F3NO2/c1-15-8(14)7(13)2-3-9(4-10,5-11)6-12/h7H,2-6,13H2,1H3. The van der Waals surface area contributed by atoms with E-state index in [9.17, 15) is 18.0 Å². The molecule has 0 saturated carbocycles. The normalized spacial score (nSPS) is 13.7. The van der Waals surface area contributed by atoms with Gasteiger partial charge in [0.25, 0.3) is 0 Å².